The van der Waals surface area contributed by atoms with E-state index >= 15 is 0 Å². The molecule has 1 aliphatic heterocycles. The fraction of sp³-hybridized carbons (Fsp3) is 0.500. The molecular formula is C14H18ClNO2. The first-order valence-electron chi connectivity index (χ1n) is 6.20. The number of hydrogen-bond acceptors (Lipinski definition) is 2. The zero-order valence-corrected chi connectivity index (χ0v) is 11.6. The van der Waals surface area contributed by atoms with Crippen LogP contribution in [0.4, 0.5) is 5.69 Å². The van der Waals surface area contributed by atoms with Crippen molar-refractivity contribution in [1.82, 2.24) is 0 Å². The number of amides is 1. The van der Waals surface area contributed by atoms with E-state index in [4.69, 9.17) is 11.6 Å². The molecule has 0 spiro atoms. The lowest BCUT2D eigenvalue weighted by Gasteiger charge is -2.18. The second-order valence-electron chi connectivity index (χ2n) is 5.31. The maximum absolute atomic E-state index is 11.4. The molecule has 0 saturated heterocycles. The molecule has 1 heterocycles. The normalized spacial score (nSPS) is 15.8. The number of benzene rings is 1. The monoisotopic (exact) mass is 267 g/mol. The Hall–Kier alpha value is -1.06. The Morgan fingerprint density at radius 3 is 2.78 bits per heavy atom. The Bertz CT molecular complexity index is 497. The highest BCUT2D eigenvalue weighted by Gasteiger charge is 2.25. The number of rotatable bonds is 3. The van der Waals surface area contributed by atoms with E-state index in [0.29, 0.717) is 23.8 Å². The fourth-order valence-electron chi connectivity index (χ4n) is 2.38. The first kappa shape index (κ1) is 13.4. The van der Waals surface area contributed by atoms with Crippen molar-refractivity contribution in [2.45, 2.75) is 39.7 Å². The fourth-order valence-corrected chi connectivity index (χ4v) is 2.65. The van der Waals surface area contributed by atoms with E-state index in [-0.39, 0.29) is 5.91 Å². The van der Waals surface area contributed by atoms with E-state index in [0.717, 1.165) is 22.4 Å². The minimum atomic E-state index is -0.572. The number of hydrogen-bond donors (Lipinski definition) is 2. The minimum absolute atomic E-state index is 0.0142. The zero-order valence-electron chi connectivity index (χ0n) is 10.9. The largest absolute Gasteiger partial charge is 0.388 e. The molecule has 0 bridgehead atoms. The summed E-state index contributed by atoms with van der Waals surface area (Å²) in [7, 11) is 0. The van der Waals surface area contributed by atoms with Crippen molar-refractivity contribution in [3.05, 3.63) is 27.8 Å². The van der Waals surface area contributed by atoms with Crippen LogP contribution in [0.25, 0.3) is 0 Å². The van der Waals surface area contributed by atoms with Gasteiger partial charge in [-0.2, -0.15) is 0 Å². The summed E-state index contributed by atoms with van der Waals surface area (Å²) in [5, 5.41) is 13.6. The van der Waals surface area contributed by atoms with Crippen LogP contribution in [0.15, 0.2) is 6.07 Å². The SMILES string of the molecule is Cc1c(Cl)c(C(O)CC(C)C)cc2c1NC(=O)C2. The maximum Gasteiger partial charge on any atom is 0.228 e. The summed E-state index contributed by atoms with van der Waals surface area (Å²) in [6, 6.07) is 1.86. The van der Waals surface area contributed by atoms with Gasteiger partial charge in [0.1, 0.15) is 0 Å². The number of halogens is 1. The van der Waals surface area contributed by atoms with Crippen molar-refractivity contribution in [2.75, 3.05) is 5.32 Å². The van der Waals surface area contributed by atoms with Crippen LogP contribution in [-0.2, 0) is 11.2 Å². The van der Waals surface area contributed by atoms with Crippen LogP contribution in [0.1, 0.15) is 43.1 Å². The molecular weight excluding hydrogens is 250 g/mol. The highest BCUT2D eigenvalue weighted by molar-refractivity contribution is 6.33. The van der Waals surface area contributed by atoms with E-state index in [1.165, 1.54) is 0 Å². The highest BCUT2D eigenvalue weighted by Crippen LogP contribution is 2.38. The van der Waals surface area contributed by atoms with Gasteiger partial charge in [0.05, 0.1) is 17.5 Å². The highest BCUT2D eigenvalue weighted by atomic mass is 35.5. The van der Waals surface area contributed by atoms with Gasteiger partial charge in [0.25, 0.3) is 0 Å². The lowest BCUT2D eigenvalue weighted by atomic mass is 9.95. The van der Waals surface area contributed by atoms with Gasteiger partial charge in [-0.3, -0.25) is 4.79 Å². The summed E-state index contributed by atoms with van der Waals surface area (Å²) in [6.07, 6.45) is 0.464. The standard InChI is InChI=1S/C14H18ClNO2/c1-7(2)4-11(17)10-5-9-6-12(18)16-14(9)8(3)13(10)15/h5,7,11,17H,4,6H2,1-3H3,(H,16,18). The quantitative estimate of drug-likeness (QED) is 0.883. The van der Waals surface area contributed by atoms with Crippen molar-refractivity contribution in [3.63, 3.8) is 0 Å². The number of fused-ring (bicyclic) bond motifs is 1. The number of aliphatic hydroxyl groups excluding tert-OH is 1. The predicted octanol–water partition coefficient (Wildman–Crippen LogP) is 3.22. The lowest BCUT2D eigenvalue weighted by Crippen LogP contribution is -2.05. The molecule has 0 aliphatic carbocycles. The van der Waals surface area contributed by atoms with Gasteiger partial charge >= 0.3 is 0 Å². The van der Waals surface area contributed by atoms with Gasteiger partial charge in [-0.25, -0.2) is 0 Å². The van der Waals surface area contributed by atoms with Crippen LogP contribution in [0.2, 0.25) is 5.02 Å². The van der Waals surface area contributed by atoms with Gasteiger partial charge in [0.15, 0.2) is 0 Å². The Morgan fingerprint density at radius 1 is 1.50 bits per heavy atom. The number of anilines is 1. The van der Waals surface area contributed by atoms with Gasteiger partial charge in [-0.1, -0.05) is 25.4 Å². The molecule has 3 nitrogen and oxygen atoms in total. The Kier molecular flexibility index (Phi) is 3.64. The molecule has 1 unspecified atom stereocenters. The van der Waals surface area contributed by atoms with Crippen molar-refractivity contribution >= 4 is 23.2 Å². The van der Waals surface area contributed by atoms with Gasteiger partial charge < -0.3 is 10.4 Å². The predicted molar refractivity (Wildman–Crippen MR) is 72.9 cm³/mol. The Morgan fingerprint density at radius 2 is 2.17 bits per heavy atom. The van der Waals surface area contributed by atoms with Crippen LogP contribution < -0.4 is 5.32 Å². The summed E-state index contributed by atoms with van der Waals surface area (Å²) in [5.41, 5.74) is 3.32. The summed E-state index contributed by atoms with van der Waals surface area (Å²) in [5.74, 6) is 0.379. The third kappa shape index (κ3) is 2.38. The van der Waals surface area contributed by atoms with E-state index in [1.54, 1.807) is 0 Å². The van der Waals surface area contributed by atoms with Crippen LogP contribution in [0.5, 0.6) is 0 Å². The van der Waals surface area contributed by atoms with Crippen LogP contribution >= 0.6 is 11.6 Å². The maximum atomic E-state index is 11.4. The van der Waals surface area contributed by atoms with Gasteiger partial charge in [-0.05, 0) is 42.0 Å². The molecule has 1 atom stereocenters. The van der Waals surface area contributed by atoms with Crippen molar-refractivity contribution in [3.8, 4) is 0 Å². The molecule has 2 N–H and O–H groups in total. The molecule has 0 saturated carbocycles. The van der Waals surface area contributed by atoms with Gasteiger partial charge in [-0.15, -0.1) is 0 Å². The number of carbonyl (C=O) groups is 1. The van der Waals surface area contributed by atoms with Crippen molar-refractivity contribution in [1.29, 1.82) is 0 Å². The third-order valence-corrected chi connectivity index (χ3v) is 3.78. The molecule has 0 fully saturated rings. The average molecular weight is 268 g/mol. The molecule has 4 heteroatoms. The molecule has 1 aromatic carbocycles. The topological polar surface area (TPSA) is 49.3 Å². The van der Waals surface area contributed by atoms with Crippen LogP contribution in [0, 0.1) is 12.8 Å². The Labute approximate surface area is 112 Å². The van der Waals surface area contributed by atoms with E-state index in [2.05, 4.69) is 19.2 Å². The first-order chi connectivity index (χ1) is 8.40. The van der Waals surface area contributed by atoms with Gasteiger partial charge in [0, 0.05) is 5.69 Å². The zero-order chi connectivity index (χ0) is 13.4. The molecule has 0 aromatic heterocycles. The van der Waals surface area contributed by atoms with Crippen LogP contribution in [0.3, 0.4) is 0 Å². The number of carbonyl (C=O) groups excluding carboxylic acids is 1. The van der Waals surface area contributed by atoms with Gasteiger partial charge in [0.2, 0.25) is 5.91 Å². The number of nitrogens with one attached hydrogen (secondary N) is 1. The number of aliphatic hydroxyl groups is 1. The minimum Gasteiger partial charge on any atom is -0.388 e. The lowest BCUT2D eigenvalue weighted by molar-refractivity contribution is -0.115. The Balaban J connectivity index is 2.42. The molecule has 98 valence electrons. The van der Waals surface area contributed by atoms with Crippen LogP contribution in [-0.4, -0.2) is 11.0 Å². The van der Waals surface area contributed by atoms with E-state index < -0.39 is 6.10 Å². The summed E-state index contributed by atoms with van der Waals surface area (Å²) in [4.78, 5) is 11.4. The molecule has 1 amide bonds. The van der Waals surface area contributed by atoms with Crippen molar-refractivity contribution < 1.29 is 9.90 Å². The van der Waals surface area contributed by atoms with E-state index in [1.807, 2.05) is 13.0 Å². The van der Waals surface area contributed by atoms with Crippen molar-refractivity contribution in [2.24, 2.45) is 5.92 Å². The summed E-state index contributed by atoms with van der Waals surface area (Å²) >= 11 is 6.29. The second kappa shape index (κ2) is 4.90. The molecule has 1 aliphatic rings. The third-order valence-electron chi connectivity index (χ3n) is 3.28. The average Bonchev–Trinajstić information content (AvgIpc) is 2.63. The smallest absolute Gasteiger partial charge is 0.228 e. The van der Waals surface area contributed by atoms with E-state index in [9.17, 15) is 9.90 Å². The molecule has 18 heavy (non-hydrogen) atoms. The molecule has 0 radical (unpaired) electrons. The summed E-state index contributed by atoms with van der Waals surface area (Å²) in [6.45, 7) is 5.99. The summed E-state index contributed by atoms with van der Waals surface area (Å²) < 4.78 is 0. The first-order valence-corrected chi connectivity index (χ1v) is 6.57. The molecule has 1 aromatic rings. The second-order valence-corrected chi connectivity index (χ2v) is 5.69. The molecule has 2 rings (SSSR count).